The summed E-state index contributed by atoms with van der Waals surface area (Å²) in [7, 11) is 0. The summed E-state index contributed by atoms with van der Waals surface area (Å²) in [5.74, 6) is 3.25. The van der Waals surface area contributed by atoms with Crippen molar-refractivity contribution in [2.24, 2.45) is 0 Å². The zero-order valence-corrected chi connectivity index (χ0v) is 14.2. The van der Waals surface area contributed by atoms with Gasteiger partial charge in [-0.1, -0.05) is 23.7 Å². The number of nitrogens with one attached hydrogen (secondary N) is 1. The Labute approximate surface area is 137 Å². The summed E-state index contributed by atoms with van der Waals surface area (Å²) >= 11 is 8.63. The van der Waals surface area contributed by atoms with Gasteiger partial charge in [-0.2, -0.15) is 11.8 Å². The van der Waals surface area contributed by atoms with Crippen LogP contribution in [0.4, 0.5) is 0 Å². The first-order valence-electron chi connectivity index (χ1n) is 8.12. The van der Waals surface area contributed by atoms with Gasteiger partial charge >= 0.3 is 0 Å². The summed E-state index contributed by atoms with van der Waals surface area (Å²) in [5, 5.41) is 4.39. The molecule has 0 saturated carbocycles. The molecule has 0 spiro atoms. The standard InChI is InChI=1S/C17H25ClN2S/c18-17-13-14(3-8-20-9-6-19-7-10-20)1-2-16(17)15-4-11-21-12-5-15/h1-2,13,15,19H,3-12H2. The molecule has 4 heteroatoms. The van der Waals surface area contributed by atoms with Crippen LogP contribution < -0.4 is 5.32 Å². The molecule has 1 N–H and O–H groups in total. The first-order valence-corrected chi connectivity index (χ1v) is 9.65. The van der Waals surface area contributed by atoms with Crippen molar-refractivity contribution >= 4 is 23.4 Å². The second kappa shape index (κ2) is 7.87. The molecular formula is C17H25ClN2S. The van der Waals surface area contributed by atoms with E-state index >= 15 is 0 Å². The average molecular weight is 325 g/mol. The number of piperazine rings is 1. The number of thioether (sulfide) groups is 1. The van der Waals surface area contributed by atoms with Crippen LogP contribution in [0.2, 0.25) is 5.02 Å². The molecule has 1 aromatic rings. The third-order valence-electron chi connectivity index (χ3n) is 4.65. The maximum Gasteiger partial charge on any atom is 0.0443 e. The van der Waals surface area contributed by atoms with Gasteiger partial charge in [0.2, 0.25) is 0 Å². The summed E-state index contributed by atoms with van der Waals surface area (Å²) < 4.78 is 0. The predicted molar refractivity (Wildman–Crippen MR) is 93.8 cm³/mol. The van der Waals surface area contributed by atoms with Crippen LogP contribution in [0.15, 0.2) is 18.2 Å². The van der Waals surface area contributed by atoms with Crippen molar-refractivity contribution in [2.75, 3.05) is 44.2 Å². The Hall–Kier alpha value is -0.220. The van der Waals surface area contributed by atoms with Crippen molar-refractivity contribution in [1.82, 2.24) is 10.2 Å². The number of benzene rings is 1. The molecule has 0 amide bonds. The van der Waals surface area contributed by atoms with E-state index in [9.17, 15) is 0 Å². The maximum atomic E-state index is 6.55. The van der Waals surface area contributed by atoms with Gasteiger partial charge in [0.15, 0.2) is 0 Å². The van der Waals surface area contributed by atoms with E-state index in [1.54, 1.807) is 0 Å². The van der Waals surface area contributed by atoms with E-state index in [-0.39, 0.29) is 0 Å². The lowest BCUT2D eigenvalue weighted by Gasteiger charge is -2.27. The third kappa shape index (κ3) is 4.38. The molecule has 2 fully saturated rings. The lowest BCUT2D eigenvalue weighted by atomic mass is 9.92. The van der Waals surface area contributed by atoms with E-state index in [1.807, 2.05) is 0 Å². The topological polar surface area (TPSA) is 15.3 Å². The number of halogens is 1. The lowest BCUT2D eigenvalue weighted by molar-refractivity contribution is 0.244. The second-order valence-electron chi connectivity index (χ2n) is 6.08. The van der Waals surface area contributed by atoms with Gasteiger partial charge in [-0.05, 0) is 53.9 Å². The van der Waals surface area contributed by atoms with Crippen molar-refractivity contribution in [3.8, 4) is 0 Å². The van der Waals surface area contributed by atoms with Gasteiger partial charge in [-0.3, -0.25) is 0 Å². The highest BCUT2D eigenvalue weighted by molar-refractivity contribution is 7.99. The third-order valence-corrected chi connectivity index (χ3v) is 6.03. The van der Waals surface area contributed by atoms with Crippen LogP contribution in [0, 0.1) is 0 Å². The smallest absolute Gasteiger partial charge is 0.0443 e. The largest absolute Gasteiger partial charge is 0.314 e. The first-order chi connectivity index (χ1) is 10.3. The minimum absolute atomic E-state index is 0.681. The Morgan fingerprint density at radius 1 is 1.19 bits per heavy atom. The van der Waals surface area contributed by atoms with Crippen molar-refractivity contribution in [3.05, 3.63) is 34.3 Å². The highest BCUT2D eigenvalue weighted by Gasteiger charge is 2.18. The molecule has 2 saturated heterocycles. The molecule has 0 bridgehead atoms. The molecule has 1 aromatic carbocycles. The molecular weight excluding hydrogens is 300 g/mol. The van der Waals surface area contributed by atoms with E-state index in [2.05, 4.69) is 40.2 Å². The van der Waals surface area contributed by atoms with Crippen molar-refractivity contribution < 1.29 is 0 Å². The zero-order valence-electron chi connectivity index (χ0n) is 12.6. The minimum Gasteiger partial charge on any atom is -0.314 e. The Balaban J connectivity index is 1.58. The van der Waals surface area contributed by atoms with Crippen LogP contribution in [0.1, 0.15) is 29.9 Å². The Morgan fingerprint density at radius 2 is 1.95 bits per heavy atom. The number of nitrogens with zero attached hydrogens (tertiary/aromatic N) is 1. The lowest BCUT2D eigenvalue weighted by Crippen LogP contribution is -2.44. The Morgan fingerprint density at radius 3 is 2.67 bits per heavy atom. The van der Waals surface area contributed by atoms with E-state index in [0.29, 0.717) is 5.92 Å². The molecule has 116 valence electrons. The molecule has 21 heavy (non-hydrogen) atoms. The van der Waals surface area contributed by atoms with E-state index in [1.165, 1.54) is 48.6 Å². The van der Waals surface area contributed by atoms with Crippen LogP contribution in [-0.2, 0) is 6.42 Å². The fraction of sp³-hybridized carbons (Fsp3) is 0.647. The van der Waals surface area contributed by atoms with Crippen molar-refractivity contribution in [2.45, 2.75) is 25.2 Å². The summed E-state index contributed by atoms with van der Waals surface area (Å²) in [6.45, 7) is 5.74. The minimum atomic E-state index is 0.681. The normalized spacial score (nSPS) is 21.6. The monoisotopic (exact) mass is 324 g/mol. The van der Waals surface area contributed by atoms with Gasteiger partial charge in [0.25, 0.3) is 0 Å². The van der Waals surface area contributed by atoms with E-state index in [4.69, 9.17) is 11.6 Å². The summed E-state index contributed by atoms with van der Waals surface area (Å²) in [6.07, 6.45) is 3.68. The Bertz CT molecular complexity index is 454. The van der Waals surface area contributed by atoms with Gasteiger partial charge in [-0.15, -0.1) is 0 Å². The fourth-order valence-electron chi connectivity index (χ4n) is 3.29. The second-order valence-corrected chi connectivity index (χ2v) is 7.72. The Kier molecular flexibility index (Phi) is 5.87. The maximum absolute atomic E-state index is 6.55. The molecule has 0 aliphatic carbocycles. The SMILES string of the molecule is Clc1cc(CCN2CCNCC2)ccc1C1CCSCC1. The van der Waals surface area contributed by atoms with Crippen LogP contribution in [0.5, 0.6) is 0 Å². The first kappa shape index (κ1) is 15.7. The van der Waals surface area contributed by atoms with Crippen LogP contribution in [0.25, 0.3) is 0 Å². The van der Waals surface area contributed by atoms with Gasteiger partial charge in [0.05, 0.1) is 0 Å². The fourth-order valence-corrected chi connectivity index (χ4v) is 4.75. The molecule has 0 atom stereocenters. The van der Waals surface area contributed by atoms with Crippen LogP contribution in [0.3, 0.4) is 0 Å². The molecule has 2 heterocycles. The molecule has 0 aromatic heterocycles. The average Bonchev–Trinajstić information content (AvgIpc) is 2.55. The van der Waals surface area contributed by atoms with Gasteiger partial charge in [-0.25, -0.2) is 0 Å². The van der Waals surface area contributed by atoms with Crippen molar-refractivity contribution in [1.29, 1.82) is 0 Å². The molecule has 2 aliphatic heterocycles. The van der Waals surface area contributed by atoms with Crippen molar-refractivity contribution in [3.63, 3.8) is 0 Å². The van der Waals surface area contributed by atoms with E-state index < -0.39 is 0 Å². The molecule has 2 nitrogen and oxygen atoms in total. The number of hydrogen-bond donors (Lipinski definition) is 1. The number of rotatable bonds is 4. The highest BCUT2D eigenvalue weighted by Crippen LogP contribution is 2.35. The summed E-state index contributed by atoms with van der Waals surface area (Å²) in [5.41, 5.74) is 2.76. The molecule has 2 aliphatic rings. The van der Waals surface area contributed by atoms with E-state index in [0.717, 1.165) is 31.1 Å². The van der Waals surface area contributed by atoms with Crippen LogP contribution in [-0.4, -0.2) is 49.1 Å². The zero-order chi connectivity index (χ0) is 14.5. The highest BCUT2D eigenvalue weighted by atomic mass is 35.5. The van der Waals surface area contributed by atoms with Gasteiger partial charge < -0.3 is 10.2 Å². The molecule has 0 unspecified atom stereocenters. The summed E-state index contributed by atoms with van der Waals surface area (Å²) in [6, 6.07) is 6.79. The van der Waals surface area contributed by atoms with Crippen LogP contribution >= 0.6 is 23.4 Å². The summed E-state index contributed by atoms with van der Waals surface area (Å²) in [4.78, 5) is 2.54. The number of hydrogen-bond acceptors (Lipinski definition) is 3. The van der Waals surface area contributed by atoms with Gasteiger partial charge in [0, 0.05) is 37.7 Å². The predicted octanol–water partition coefficient (Wildman–Crippen LogP) is 3.40. The quantitative estimate of drug-likeness (QED) is 0.914. The van der Waals surface area contributed by atoms with Gasteiger partial charge in [0.1, 0.15) is 0 Å². The molecule has 3 rings (SSSR count). The molecule has 0 radical (unpaired) electrons.